The van der Waals surface area contributed by atoms with E-state index in [9.17, 15) is 0 Å². The minimum Gasteiger partial charge on any atom is -0.340 e. The van der Waals surface area contributed by atoms with Crippen molar-refractivity contribution < 1.29 is 0 Å². The Morgan fingerprint density at radius 1 is 0.444 bits per heavy atom. The summed E-state index contributed by atoms with van der Waals surface area (Å²) >= 11 is 7.20. The summed E-state index contributed by atoms with van der Waals surface area (Å²) in [5, 5.41) is 7.50. The van der Waals surface area contributed by atoms with Gasteiger partial charge in [-0.2, -0.15) is 0 Å². The van der Waals surface area contributed by atoms with Crippen molar-refractivity contribution in [3.05, 3.63) is 84.9 Å². The maximum Gasteiger partial charge on any atom is 0.0497 e. The first kappa shape index (κ1) is 23.8. The van der Waals surface area contributed by atoms with E-state index in [1.54, 1.807) is 0 Å². The number of unbranched alkanes of at least 4 members (excludes halogenated alkanes) is 2. The first-order valence-electron chi connectivity index (χ1n) is 12.9. The van der Waals surface area contributed by atoms with Crippen LogP contribution in [0, 0.1) is 0 Å². The fourth-order valence-corrected chi connectivity index (χ4v) is 6.46. The van der Waals surface area contributed by atoms with Crippen LogP contribution in [0.25, 0.3) is 54.7 Å². The monoisotopic (exact) mass is 600 g/mol. The van der Waals surface area contributed by atoms with E-state index in [1.165, 1.54) is 80.4 Å². The second-order valence-corrected chi connectivity index (χ2v) is 11.2. The van der Waals surface area contributed by atoms with Crippen LogP contribution in [0.2, 0.25) is 0 Å². The molecule has 0 saturated heterocycles. The van der Waals surface area contributed by atoms with Crippen LogP contribution < -0.4 is 0 Å². The summed E-state index contributed by atoms with van der Waals surface area (Å²) in [5.41, 5.74) is 7.91. The van der Waals surface area contributed by atoms with Crippen LogP contribution in [-0.2, 0) is 13.1 Å². The highest BCUT2D eigenvalue weighted by Gasteiger charge is 2.14. The van der Waals surface area contributed by atoms with Crippen LogP contribution in [0.4, 0.5) is 0 Å². The lowest BCUT2D eigenvalue weighted by atomic mass is 10.0. The standard InChI is InChI=1S/C32H30Br2N2/c33-17-5-7-19-35-29-11-3-1-9-25(29)27-15-13-23(21-31(27)35)24-14-16-28-26-10-2-4-12-30(26)36(32(28)22-24)20-8-6-18-34/h1-4,9-16,21-22H,5-8,17-20H2. The molecule has 4 heteroatoms. The zero-order valence-electron chi connectivity index (χ0n) is 20.4. The zero-order valence-corrected chi connectivity index (χ0v) is 23.6. The van der Waals surface area contributed by atoms with Gasteiger partial charge in [0.05, 0.1) is 0 Å². The third kappa shape index (κ3) is 4.18. The Morgan fingerprint density at radius 3 is 1.31 bits per heavy atom. The lowest BCUT2D eigenvalue weighted by Crippen LogP contribution is -1.98. The van der Waals surface area contributed by atoms with Gasteiger partial charge in [-0.3, -0.25) is 0 Å². The Balaban J connectivity index is 1.50. The van der Waals surface area contributed by atoms with Gasteiger partial charge in [0.1, 0.15) is 0 Å². The number of aromatic nitrogens is 2. The molecule has 6 aromatic rings. The molecule has 0 spiro atoms. The Bertz CT molecular complexity index is 1550. The first-order chi connectivity index (χ1) is 17.8. The molecule has 36 heavy (non-hydrogen) atoms. The van der Waals surface area contributed by atoms with E-state index in [-0.39, 0.29) is 0 Å². The van der Waals surface area contributed by atoms with Gasteiger partial charge in [0.25, 0.3) is 0 Å². The second-order valence-electron chi connectivity index (χ2n) is 9.59. The number of fused-ring (bicyclic) bond motifs is 6. The van der Waals surface area contributed by atoms with Crippen molar-refractivity contribution >= 4 is 75.5 Å². The van der Waals surface area contributed by atoms with E-state index in [2.05, 4.69) is 126 Å². The van der Waals surface area contributed by atoms with Gasteiger partial charge in [-0.25, -0.2) is 0 Å². The van der Waals surface area contributed by atoms with Crippen molar-refractivity contribution in [3.63, 3.8) is 0 Å². The van der Waals surface area contributed by atoms with E-state index >= 15 is 0 Å². The molecule has 0 N–H and O–H groups in total. The molecule has 0 aliphatic carbocycles. The second kappa shape index (κ2) is 10.4. The highest BCUT2D eigenvalue weighted by atomic mass is 79.9. The molecule has 0 radical (unpaired) electrons. The summed E-state index contributed by atoms with van der Waals surface area (Å²) in [6, 6.07) is 31.7. The SMILES string of the molecule is BrCCCCn1c2ccccc2c2ccc(-c3ccc4c5ccccc5n(CCCCBr)c4c3)cc21. The van der Waals surface area contributed by atoms with Gasteiger partial charge in [-0.15, -0.1) is 0 Å². The maximum atomic E-state index is 3.60. The third-order valence-electron chi connectivity index (χ3n) is 7.41. The number of halogens is 2. The van der Waals surface area contributed by atoms with Crippen molar-refractivity contribution in [1.82, 2.24) is 9.13 Å². The molecule has 0 unspecified atom stereocenters. The molecule has 0 atom stereocenters. The number of hydrogen-bond donors (Lipinski definition) is 0. The van der Waals surface area contributed by atoms with Gasteiger partial charge in [-0.05, 0) is 61.1 Å². The van der Waals surface area contributed by atoms with Crippen molar-refractivity contribution in [2.75, 3.05) is 10.7 Å². The smallest absolute Gasteiger partial charge is 0.0497 e. The van der Waals surface area contributed by atoms with Crippen LogP contribution >= 0.6 is 31.9 Å². The summed E-state index contributed by atoms with van der Waals surface area (Å²) in [6.45, 7) is 2.08. The number of aryl methyl sites for hydroxylation is 2. The highest BCUT2D eigenvalue weighted by molar-refractivity contribution is 9.09. The summed E-state index contributed by atoms with van der Waals surface area (Å²) < 4.78 is 5.04. The largest absolute Gasteiger partial charge is 0.340 e. The predicted octanol–water partition coefficient (Wildman–Crippen LogP) is 9.92. The van der Waals surface area contributed by atoms with Crippen LogP contribution in [0.15, 0.2) is 84.9 Å². The fourth-order valence-electron chi connectivity index (χ4n) is 5.67. The van der Waals surface area contributed by atoms with Crippen molar-refractivity contribution in [2.45, 2.75) is 38.8 Å². The number of hydrogen-bond acceptors (Lipinski definition) is 0. The van der Waals surface area contributed by atoms with Gasteiger partial charge in [0, 0.05) is 67.4 Å². The Kier molecular flexibility index (Phi) is 6.90. The summed E-state index contributed by atoms with van der Waals surface area (Å²) in [6.07, 6.45) is 4.71. The molecule has 0 bridgehead atoms. The van der Waals surface area contributed by atoms with E-state index in [0.29, 0.717) is 0 Å². The number of para-hydroxylation sites is 2. The van der Waals surface area contributed by atoms with Gasteiger partial charge >= 0.3 is 0 Å². The minimum atomic E-state index is 1.04. The Hall–Kier alpha value is -2.56. The zero-order chi connectivity index (χ0) is 24.5. The van der Waals surface area contributed by atoms with E-state index in [1.807, 2.05) is 0 Å². The van der Waals surface area contributed by atoms with Gasteiger partial charge in [0.15, 0.2) is 0 Å². The third-order valence-corrected chi connectivity index (χ3v) is 8.53. The molecular formula is C32H30Br2N2. The number of alkyl halides is 2. The quantitative estimate of drug-likeness (QED) is 0.115. The topological polar surface area (TPSA) is 9.86 Å². The first-order valence-corrected chi connectivity index (χ1v) is 15.2. The van der Waals surface area contributed by atoms with Gasteiger partial charge in [0.2, 0.25) is 0 Å². The molecule has 2 heterocycles. The average Bonchev–Trinajstić information content (AvgIpc) is 3.41. The maximum absolute atomic E-state index is 3.60. The van der Waals surface area contributed by atoms with Crippen molar-refractivity contribution in [2.24, 2.45) is 0 Å². The Labute approximate surface area is 229 Å². The summed E-state index contributed by atoms with van der Waals surface area (Å²) in [5.74, 6) is 0. The van der Waals surface area contributed by atoms with Gasteiger partial charge < -0.3 is 9.13 Å². The van der Waals surface area contributed by atoms with E-state index in [0.717, 1.165) is 23.7 Å². The number of nitrogens with zero attached hydrogens (tertiary/aromatic N) is 2. The molecule has 2 aromatic heterocycles. The molecule has 182 valence electrons. The van der Waals surface area contributed by atoms with E-state index < -0.39 is 0 Å². The molecule has 6 rings (SSSR count). The summed E-state index contributed by atoms with van der Waals surface area (Å²) in [7, 11) is 0. The van der Waals surface area contributed by atoms with Crippen molar-refractivity contribution in [1.29, 1.82) is 0 Å². The molecule has 2 nitrogen and oxygen atoms in total. The number of rotatable bonds is 9. The molecule has 0 aliphatic rings. The molecule has 0 aliphatic heterocycles. The lowest BCUT2D eigenvalue weighted by Gasteiger charge is -2.10. The fraction of sp³-hybridized carbons (Fsp3) is 0.250. The van der Waals surface area contributed by atoms with Crippen LogP contribution in [-0.4, -0.2) is 19.8 Å². The normalized spacial score (nSPS) is 11.9. The highest BCUT2D eigenvalue weighted by Crippen LogP contribution is 2.36. The van der Waals surface area contributed by atoms with Crippen LogP contribution in [0.1, 0.15) is 25.7 Å². The van der Waals surface area contributed by atoms with E-state index in [4.69, 9.17) is 0 Å². The molecule has 0 fully saturated rings. The molecule has 0 saturated carbocycles. The predicted molar refractivity (Wildman–Crippen MR) is 164 cm³/mol. The van der Waals surface area contributed by atoms with Crippen molar-refractivity contribution in [3.8, 4) is 11.1 Å². The minimum absolute atomic E-state index is 1.04. The van der Waals surface area contributed by atoms with Gasteiger partial charge in [-0.1, -0.05) is 92.5 Å². The molecular weight excluding hydrogens is 572 g/mol. The van der Waals surface area contributed by atoms with Crippen LogP contribution in [0.5, 0.6) is 0 Å². The lowest BCUT2D eigenvalue weighted by molar-refractivity contribution is 0.670. The molecule has 4 aromatic carbocycles. The molecule has 0 amide bonds. The Morgan fingerprint density at radius 2 is 0.861 bits per heavy atom. The summed E-state index contributed by atoms with van der Waals surface area (Å²) in [4.78, 5) is 0. The van der Waals surface area contributed by atoms with Crippen LogP contribution in [0.3, 0.4) is 0 Å². The number of benzene rings is 4. The average molecular weight is 602 g/mol.